The number of esters is 1. The molecule has 176 valence electrons. The summed E-state index contributed by atoms with van der Waals surface area (Å²) in [7, 11) is -2.35. The summed E-state index contributed by atoms with van der Waals surface area (Å²) in [6.45, 7) is 0. The number of amides is 1. The molecule has 0 saturated heterocycles. The lowest BCUT2D eigenvalue weighted by molar-refractivity contribution is -0.130. The molecule has 0 radical (unpaired) electrons. The molecule has 1 amide bonds. The maximum atomic E-state index is 12.8. The topological polar surface area (TPSA) is 111 Å². The highest BCUT2D eigenvalue weighted by atomic mass is 32.2. The molecule has 1 saturated carbocycles. The van der Waals surface area contributed by atoms with Crippen molar-refractivity contribution in [2.24, 2.45) is 0 Å². The largest absolute Gasteiger partial charge is 0.497 e. The van der Waals surface area contributed by atoms with Gasteiger partial charge in [0.25, 0.3) is 15.9 Å². The number of methoxy groups -OCH3 is 1. The minimum atomic E-state index is -3.87. The van der Waals surface area contributed by atoms with E-state index in [1.807, 2.05) is 0 Å². The number of carbonyl (C=O) groups is 2. The number of anilines is 1. The summed E-state index contributed by atoms with van der Waals surface area (Å²) in [5, 5.41) is 2.86. The average Bonchev–Trinajstić information content (AvgIpc) is 3.67. The third-order valence-corrected chi connectivity index (χ3v) is 6.63. The van der Waals surface area contributed by atoms with E-state index in [9.17, 15) is 18.0 Å². The zero-order chi connectivity index (χ0) is 24.1. The van der Waals surface area contributed by atoms with Crippen molar-refractivity contribution < 1.29 is 27.5 Å². The highest BCUT2D eigenvalue weighted by Crippen LogP contribution is 2.25. The summed E-state index contributed by atoms with van der Waals surface area (Å²) in [5.41, 5.74) is 1.05. The summed E-state index contributed by atoms with van der Waals surface area (Å²) >= 11 is 0. The van der Waals surface area contributed by atoms with Crippen molar-refractivity contribution in [3.63, 3.8) is 0 Å². The summed E-state index contributed by atoms with van der Waals surface area (Å²) in [5.74, 6) is -0.512. The van der Waals surface area contributed by atoms with Crippen molar-refractivity contribution in [3.05, 3.63) is 90.0 Å². The number of carbonyl (C=O) groups excluding carboxylic acids is 2. The quantitative estimate of drug-likeness (QED) is 0.452. The molecule has 0 bridgehead atoms. The number of nitrogens with one attached hydrogen (secondary N) is 2. The van der Waals surface area contributed by atoms with E-state index in [-0.39, 0.29) is 22.4 Å². The SMILES string of the molecule is COc1ccc(NS(=O)(=O)c2ccc(C(=O)OC(C(=O)NC3CC3)c3ccccc3)cc2)cc1. The Bertz CT molecular complexity index is 1260. The van der Waals surface area contributed by atoms with Gasteiger partial charge in [-0.05, 0) is 61.4 Å². The molecule has 0 spiro atoms. The summed E-state index contributed by atoms with van der Waals surface area (Å²) in [4.78, 5) is 25.4. The Kier molecular flexibility index (Phi) is 6.83. The van der Waals surface area contributed by atoms with Gasteiger partial charge in [0.2, 0.25) is 6.10 Å². The molecule has 4 rings (SSSR count). The first kappa shape index (κ1) is 23.3. The molecule has 1 unspecified atom stereocenters. The van der Waals surface area contributed by atoms with E-state index in [2.05, 4.69) is 10.0 Å². The highest BCUT2D eigenvalue weighted by Gasteiger charge is 2.31. The van der Waals surface area contributed by atoms with Crippen LogP contribution in [0.3, 0.4) is 0 Å². The van der Waals surface area contributed by atoms with Gasteiger partial charge in [0.05, 0.1) is 17.6 Å². The van der Waals surface area contributed by atoms with Gasteiger partial charge >= 0.3 is 5.97 Å². The van der Waals surface area contributed by atoms with Crippen LogP contribution in [0, 0.1) is 0 Å². The van der Waals surface area contributed by atoms with Crippen molar-refractivity contribution in [1.29, 1.82) is 0 Å². The number of hydrogen-bond acceptors (Lipinski definition) is 6. The van der Waals surface area contributed by atoms with Crippen LogP contribution in [0.5, 0.6) is 5.75 Å². The average molecular weight is 481 g/mol. The molecule has 1 atom stereocenters. The van der Waals surface area contributed by atoms with Gasteiger partial charge in [-0.3, -0.25) is 9.52 Å². The van der Waals surface area contributed by atoms with Crippen molar-refractivity contribution in [3.8, 4) is 5.75 Å². The molecular formula is C25H24N2O6S. The first-order chi connectivity index (χ1) is 16.4. The van der Waals surface area contributed by atoms with E-state index in [4.69, 9.17) is 9.47 Å². The van der Waals surface area contributed by atoms with Crippen molar-refractivity contribution >= 4 is 27.6 Å². The van der Waals surface area contributed by atoms with E-state index in [1.165, 1.54) is 31.4 Å². The fraction of sp³-hybridized carbons (Fsp3) is 0.200. The standard InChI is InChI=1S/C25H24N2O6S/c1-32-21-13-11-20(12-14-21)27-34(30,31)22-15-7-18(8-16-22)25(29)33-23(17-5-3-2-4-6-17)24(28)26-19-9-10-19/h2-8,11-16,19,23,27H,9-10H2,1H3,(H,26,28). The molecule has 1 aliphatic rings. The molecule has 0 aliphatic heterocycles. The lowest BCUT2D eigenvalue weighted by Crippen LogP contribution is -2.33. The Morgan fingerprint density at radius 1 is 0.912 bits per heavy atom. The van der Waals surface area contributed by atoms with Gasteiger partial charge in [-0.2, -0.15) is 0 Å². The minimum Gasteiger partial charge on any atom is -0.497 e. The zero-order valence-electron chi connectivity index (χ0n) is 18.4. The maximum Gasteiger partial charge on any atom is 0.339 e. The van der Waals surface area contributed by atoms with E-state index in [0.717, 1.165) is 12.8 Å². The van der Waals surface area contributed by atoms with Crippen LogP contribution in [0.15, 0.2) is 83.8 Å². The normalized spacial score (nSPS) is 14.0. The third-order valence-electron chi connectivity index (χ3n) is 5.23. The first-order valence-electron chi connectivity index (χ1n) is 10.7. The first-order valence-corrected chi connectivity index (χ1v) is 12.2. The van der Waals surface area contributed by atoms with Crippen LogP contribution in [0.1, 0.15) is 34.9 Å². The van der Waals surface area contributed by atoms with Crippen LogP contribution < -0.4 is 14.8 Å². The summed E-state index contributed by atoms with van der Waals surface area (Å²) in [6, 6.07) is 20.6. The molecular weight excluding hydrogens is 456 g/mol. The predicted molar refractivity (Wildman–Crippen MR) is 126 cm³/mol. The summed E-state index contributed by atoms with van der Waals surface area (Å²) in [6.07, 6.45) is 0.707. The molecule has 3 aromatic carbocycles. The fourth-order valence-corrected chi connectivity index (χ4v) is 4.28. The van der Waals surface area contributed by atoms with E-state index in [0.29, 0.717) is 17.0 Å². The van der Waals surface area contributed by atoms with Gasteiger partial charge in [-0.15, -0.1) is 0 Å². The lowest BCUT2D eigenvalue weighted by atomic mass is 10.1. The van der Waals surface area contributed by atoms with E-state index >= 15 is 0 Å². The fourth-order valence-electron chi connectivity index (χ4n) is 3.22. The van der Waals surface area contributed by atoms with Gasteiger partial charge in [-0.25, -0.2) is 13.2 Å². The summed E-state index contributed by atoms with van der Waals surface area (Å²) < 4.78 is 38.4. The second-order valence-electron chi connectivity index (χ2n) is 7.84. The smallest absolute Gasteiger partial charge is 0.339 e. The molecule has 0 aromatic heterocycles. The third kappa shape index (κ3) is 5.74. The van der Waals surface area contributed by atoms with Gasteiger partial charge in [0.1, 0.15) is 5.75 Å². The molecule has 0 heterocycles. The second kappa shape index (κ2) is 9.96. The molecule has 1 fully saturated rings. The molecule has 9 heteroatoms. The highest BCUT2D eigenvalue weighted by molar-refractivity contribution is 7.92. The van der Waals surface area contributed by atoms with Gasteiger partial charge in [-0.1, -0.05) is 30.3 Å². The van der Waals surface area contributed by atoms with Gasteiger partial charge in [0.15, 0.2) is 0 Å². The Hall–Kier alpha value is -3.85. The number of rotatable bonds is 9. The van der Waals surface area contributed by atoms with Crippen LogP contribution in [-0.2, 0) is 19.6 Å². The van der Waals surface area contributed by atoms with Crippen LogP contribution in [0.2, 0.25) is 0 Å². The van der Waals surface area contributed by atoms with Crippen LogP contribution in [-0.4, -0.2) is 33.4 Å². The van der Waals surface area contributed by atoms with E-state index in [1.54, 1.807) is 54.6 Å². The molecule has 3 aromatic rings. The van der Waals surface area contributed by atoms with Gasteiger partial charge in [0, 0.05) is 17.3 Å². The lowest BCUT2D eigenvalue weighted by Gasteiger charge is -2.18. The number of sulfonamides is 1. The minimum absolute atomic E-state index is 0.0223. The van der Waals surface area contributed by atoms with Crippen molar-refractivity contribution in [1.82, 2.24) is 5.32 Å². The monoisotopic (exact) mass is 480 g/mol. The number of benzene rings is 3. The molecule has 2 N–H and O–H groups in total. The second-order valence-corrected chi connectivity index (χ2v) is 9.52. The number of ether oxygens (including phenoxy) is 2. The molecule has 34 heavy (non-hydrogen) atoms. The Morgan fingerprint density at radius 3 is 2.15 bits per heavy atom. The van der Waals surface area contributed by atoms with Crippen molar-refractivity contribution in [2.75, 3.05) is 11.8 Å². The zero-order valence-corrected chi connectivity index (χ0v) is 19.2. The van der Waals surface area contributed by atoms with Gasteiger partial charge < -0.3 is 14.8 Å². The Morgan fingerprint density at radius 2 is 1.56 bits per heavy atom. The van der Waals surface area contributed by atoms with Crippen LogP contribution in [0.25, 0.3) is 0 Å². The van der Waals surface area contributed by atoms with Crippen LogP contribution in [0.4, 0.5) is 5.69 Å². The maximum absolute atomic E-state index is 12.8. The Balaban J connectivity index is 1.47. The molecule has 8 nitrogen and oxygen atoms in total. The Labute approximate surface area is 198 Å². The van der Waals surface area contributed by atoms with E-state index < -0.39 is 22.1 Å². The van der Waals surface area contributed by atoms with Crippen molar-refractivity contribution in [2.45, 2.75) is 29.9 Å². The predicted octanol–water partition coefficient (Wildman–Crippen LogP) is 3.67. The number of hydrogen-bond donors (Lipinski definition) is 2. The molecule has 1 aliphatic carbocycles. The van der Waals surface area contributed by atoms with Crippen LogP contribution >= 0.6 is 0 Å².